The molecule has 164 valence electrons. The predicted molar refractivity (Wildman–Crippen MR) is 125 cm³/mol. The van der Waals surface area contributed by atoms with Gasteiger partial charge in [-0.3, -0.25) is 4.98 Å². The van der Waals surface area contributed by atoms with E-state index in [9.17, 15) is 13.2 Å². The van der Waals surface area contributed by atoms with Crippen LogP contribution in [0.2, 0.25) is 0 Å². The fourth-order valence-electron chi connectivity index (χ4n) is 4.11. The molecule has 4 rings (SSSR count). The minimum absolute atomic E-state index is 0.169. The number of fused-ring (bicyclic) bond motifs is 1. The molecule has 0 spiro atoms. The number of halogens is 3. The zero-order valence-electron chi connectivity index (χ0n) is 18.1. The van der Waals surface area contributed by atoms with Crippen molar-refractivity contribution in [2.45, 2.75) is 45.2 Å². The summed E-state index contributed by atoms with van der Waals surface area (Å²) in [5, 5.41) is 0.671. The number of benzene rings is 3. The first kappa shape index (κ1) is 22.1. The molecular formula is C28H26F3N. The topological polar surface area (TPSA) is 12.9 Å². The molecule has 0 bridgehead atoms. The van der Waals surface area contributed by atoms with Gasteiger partial charge in [-0.2, -0.15) is 13.2 Å². The van der Waals surface area contributed by atoms with E-state index >= 15 is 0 Å². The lowest BCUT2D eigenvalue weighted by Gasteiger charge is -2.13. The zero-order valence-corrected chi connectivity index (χ0v) is 18.1. The molecule has 1 heterocycles. The lowest BCUT2D eigenvalue weighted by molar-refractivity contribution is -0.136. The van der Waals surface area contributed by atoms with Crippen LogP contribution >= 0.6 is 0 Å². The summed E-state index contributed by atoms with van der Waals surface area (Å²) in [5.74, 6) is 0. The summed E-state index contributed by atoms with van der Waals surface area (Å²) in [6, 6.07) is 23.0. The molecule has 0 unspecified atom stereocenters. The Hall–Kier alpha value is -3.14. The predicted octanol–water partition coefficient (Wildman–Crippen LogP) is 8.71. The van der Waals surface area contributed by atoms with E-state index in [1.165, 1.54) is 37.3 Å². The van der Waals surface area contributed by atoms with E-state index < -0.39 is 11.7 Å². The van der Waals surface area contributed by atoms with Gasteiger partial charge in [0.05, 0.1) is 11.3 Å². The molecular weight excluding hydrogens is 407 g/mol. The lowest BCUT2D eigenvalue weighted by atomic mass is 9.96. The standard InChI is InChI=1S/C28H26F3N/c1-2-3-4-5-9-20-14-16-21(17-15-20)22-10-8-11-23(18-22)27-25-13-7-6-12-24(25)26(19-32-27)28(29,30)31/h6-8,10-19H,2-5,9H2,1H3. The Morgan fingerprint density at radius 1 is 0.719 bits per heavy atom. The Labute approximate surface area is 186 Å². The number of pyridine rings is 1. The second-order valence-corrected chi connectivity index (χ2v) is 8.15. The summed E-state index contributed by atoms with van der Waals surface area (Å²) >= 11 is 0. The Bertz CT molecular complexity index is 1190. The van der Waals surface area contributed by atoms with Crippen LogP contribution < -0.4 is 0 Å². The smallest absolute Gasteiger partial charge is 0.255 e. The molecule has 0 saturated heterocycles. The fraction of sp³-hybridized carbons (Fsp3) is 0.250. The first-order valence-corrected chi connectivity index (χ1v) is 11.1. The van der Waals surface area contributed by atoms with Gasteiger partial charge in [-0.1, -0.05) is 92.9 Å². The van der Waals surface area contributed by atoms with Crippen LogP contribution in [0.1, 0.15) is 43.7 Å². The number of aromatic nitrogens is 1. The van der Waals surface area contributed by atoms with Crippen LogP contribution in [-0.4, -0.2) is 4.98 Å². The van der Waals surface area contributed by atoms with Crippen molar-refractivity contribution in [3.63, 3.8) is 0 Å². The maximum atomic E-state index is 13.4. The van der Waals surface area contributed by atoms with Crippen molar-refractivity contribution in [2.24, 2.45) is 0 Å². The Morgan fingerprint density at radius 2 is 1.44 bits per heavy atom. The summed E-state index contributed by atoms with van der Waals surface area (Å²) in [6.07, 6.45) is 2.56. The van der Waals surface area contributed by atoms with Gasteiger partial charge in [-0.15, -0.1) is 0 Å². The van der Waals surface area contributed by atoms with E-state index in [0.29, 0.717) is 11.1 Å². The summed E-state index contributed by atoms with van der Waals surface area (Å²) in [5.41, 5.74) is 4.09. The highest BCUT2D eigenvalue weighted by atomic mass is 19.4. The summed E-state index contributed by atoms with van der Waals surface area (Å²) < 4.78 is 40.3. The number of hydrogen-bond acceptors (Lipinski definition) is 1. The molecule has 0 aliphatic carbocycles. The zero-order chi connectivity index (χ0) is 22.6. The van der Waals surface area contributed by atoms with Crippen LogP contribution in [0.4, 0.5) is 13.2 Å². The molecule has 1 nitrogen and oxygen atoms in total. The van der Waals surface area contributed by atoms with Crippen molar-refractivity contribution in [3.8, 4) is 22.4 Å². The van der Waals surface area contributed by atoms with Gasteiger partial charge in [0.1, 0.15) is 0 Å². The van der Waals surface area contributed by atoms with Crippen LogP contribution in [-0.2, 0) is 12.6 Å². The van der Waals surface area contributed by atoms with Crippen molar-refractivity contribution in [1.29, 1.82) is 0 Å². The highest BCUT2D eigenvalue weighted by molar-refractivity contribution is 5.97. The quantitative estimate of drug-likeness (QED) is 0.266. The number of unbranched alkanes of at least 4 members (excludes halogenated alkanes) is 3. The molecule has 0 fully saturated rings. The number of nitrogens with zero attached hydrogens (tertiary/aromatic N) is 1. The summed E-state index contributed by atoms with van der Waals surface area (Å²) in [7, 11) is 0. The molecule has 32 heavy (non-hydrogen) atoms. The number of rotatable bonds is 7. The third kappa shape index (κ3) is 4.85. The van der Waals surface area contributed by atoms with Crippen LogP contribution in [0.5, 0.6) is 0 Å². The highest BCUT2D eigenvalue weighted by Crippen LogP contribution is 2.38. The normalized spacial score (nSPS) is 11.8. The number of alkyl halides is 3. The van der Waals surface area contributed by atoms with E-state index in [0.717, 1.165) is 29.3 Å². The van der Waals surface area contributed by atoms with E-state index in [2.05, 4.69) is 36.2 Å². The van der Waals surface area contributed by atoms with Crippen molar-refractivity contribution >= 4 is 10.8 Å². The lowest BCUT2D eigenvalue weighted by Crippen LogP contribution is -2.07. The van der Waals surface area contributed by atoms with Gasteiger partial charge < -0.3 is 0 Å². The monoisotopic (exact) mass is 433 g/mol. The highest BCUT2D eigenvalue weighted by Gasteiger charge is 2.33. The first-order chi connectivity index (χ1) is 15.5. The average Bonchev–Trinajstić information content (AvgIpc) is 2.81. The van der Waals surface area contributed by atoms with Crippen LogP contribution in [0.3, 0.4) is 0 Å². The molecule has 1 aromatic heterocycles. The van der Waals surface area contributed by atoms with E-state index in [-0.39, 0.29) is 5.39 Å². The van der Waals surface area contributed by atoms with Gasteiger partial charge in [0.25, 0.3) is 0 Å². The van der Waals surface area contributed by atoms with E-state index in [1.807, 2.05) is 24.3 Å². The Kier molecular flexibility index (Phi) is 6.59. The third-order valence-corrected chi connectivity index (χ3v) is 5.84. The van der Waals surface area contributed by atoms with Crippen molar-refractivity contribution in [2.75, 3.05) is 0 Å². The van der Waals surface area contributed by atoms with Gasteiger partial charge in [-0.25, -0.2) is 0 Å². The second kappa shape index (κ2) is 9.56. The number of hydrogen-bond donors (Lipinski definition) is 0. The van der Waals surface area contributed by atoms with Gasteiger partial charge >= 0.3 is 6.18 Å². The largest absolute Gasteiger partial charge is 0.418 e. The Balaban J connectivity index is 1.65. The average molecular weight is 434 g/mol. The van der Waals surface area contributed by atoms with Gasteiger partial charge in [-0.05, 0) is 41.0 Å². The SMILES string of the molecule is CCCCCCc1ccc(-c2cccc(-c3ncc(C(F)(F)F)c4ccccc34)c2)cc1. The minimum Gasteiger partial charge on any atom is -0.255 e. The molecule has 0 atom stereocenters. The molecule has 3 aromatic carbocycles. The third-order valence-electron chi connectivity index (χ3n) is 5.84. The summed E-state index contributed by atoms with van der Waals surface area (Å²) in [6.45, 7) is 2.21. The molecule has 0 aliphatic heterocycles. The molecule has 0 aliphatic rings. The van der Waals surface area contributed by atoms with Crippen LogP contribution in [0.15, 0.2) is 79.0 Å². The molecule has 0 amide bonds. The maximum Gasteiger partial charge on any atom is 0.418 e. The molecule has 4 aromatic rings. The minimum atomic E-state index is -4.44. The molecule has 0 saturated carbocycles. The van der Waals surface area contributed by atoms with Gasteiger partial charge in [0.15, 0.2) is 0 Å². The summed E-state index contributed by atoms with van der Waals surface area (Å²) in [4.78, 5) is 4.22. The van der Waals surface area contributed by atoms with Gasteiger partial charge in [0, 0.05) is 17.1 Å². The van der Waals surface area contributed by atoms with E-state index in [4.69, 9.17) is 0 Å². The molecule has 0 radical (unpaired) electrons. The second-order valence-electron chi connectivity index (χ2n) is 8.15. The van der Waals surface area contributed by atoms with Crippen LogP contribution in [0, 0.1) is 0 Å². The molecule has 0 N–H and O–H groups in total. The Morgan fingerprint density at radius 3 is 2.16 bits per heavy atom. The maximum absolute atomic E-state index is 13.4. The fourth-order valence-corrected chi connectivity index (χ4v) is 4.11. The van der Waals surface area contributed by atoms with Crippen molar-refractivity contribution in [1.82, 2.24) is 4.98 Å². The molecule has 4 heteroatoms. The first-order valence-electron chi connectivity index (χ1n) is 11.1. The van der Waals surface area contributed by atoms with Crippen molar-refractivity contribution < 1.29 is 13.2 Å². The van der Waals surface area contributed by atoms with Gasteiger partial charge in [0.2, 0.25) is 0 Å². The van der Waals surface area contributed by atoms with E-state index in [1.54, 1.807) is 18.2 Å². The number of aryl methyl sites for hydroxylation is 1. The van der Waals surface area contributed by atoms with Crippen LogP contribution in [0.25, 0.3) is 33.2 Å². The van der Waals surface area contributed by atoms with Crippen molar-refractivity contribution in [3.05, 3.63) is 90.1 Å².